The molecule has 0 spiro atoms. The smallest absolute Gasteiger partial charge is 0.195 e. The Bertz CT molecular complexity index is 918. The summed E-state index contributed by atoms with van der Waals surface area (Å²) in [5.41, 5.74) is 3.52. The first-order valence-electron chi connectivity index (χ1n) is 6.52. The number of ketones is 1. The van der Waals surface area contributed by atoms with Crippen molar-refractivity contribution in [1.82, 2.24) is 4.98 Å². The van der Waals surface area contributed by atoms with Crippen molar-refractivity contribution in [1.29, 1.82) is 0 Å². The third-order valence-corrected chi connectivity index (χ3v) is 4.09. The summed E-state index contributed by atoms with van der Waals surface area (Å²) in [5.74, 6) is 0.627. The van der Waals surface area contributed by atoms with Gasteiger partial charge in [-0.15, -0.1) is 0 Å². The summed E-state index contributed by atoms with van der Waals surface area (Å²) in [4.78, 5) is 17.2. The predicted molar refractivity (Wildman–Crippen MR) is 82.2 cm³/mol. The van der Waals surface area contributed by atoms with Gasteiger partial charge in [0.1, 0.15) is 10.9 Å². The highest BCUT2D eigenvalue weighted by Gasteiger charge is 2.31. The van der Waals surface area contributed by atoms with Crippen LogP contribution in [0.4, 0.5) is 0 Å². The normalized spacial score (nSPS) is 12.4. The second-order valence-electron chi connectivity index (χ2n) is 4.91. The molecule has 1 aliphatic rings. The number of methoxy groups -OCH3 is 1. The maximum absolute atomic E-state index is 12.8. The molecule has 0 aliphatic heterocycles. The Morgan fingerprint density at radius 2 is 1.86 bits per heavy atom. The zero-order valence-electron chi connectivity index (χ0n) is 11.2. The Hall–Kier alpha value is -2.39. The number of hydrogen-bond donors (Lipinski definition) is 0. The van der Waals surface area contributed by atoms with Crippen molar-refractivity contribution in [2.45, 2.75) is 0 Å². The molecule has 0 N–H and O–H groups in total. The molecule has 21 heavy (non-hydrogen) atoms. The fourth-order valence-corrected chi connectivity index (χ4v) is 3.14. The zero-order chi connectivity index (χ0) is 14.6. The average Bonchev–Trinajstić information content (AvgIpc) is 2.81. The number of carbonyl (C=O) groups excluding carboxylic acids is 1. The number of pyridine rings is 1. The number of rotatable bonds is 1. The summed E-state index contributed by atoms with van der Waals surface area (Å²) < 4.78 is 5.20. The van der Waals surface area contributed by atoms with Crippen LogP contribution in [-0.2, 0) is 0 Å². The van der Waals surface area contributed by atoms with Gasteiger partial charge in [-0.25, -0.2) is 4.98 Å². The van der Waals surface area contributed by atoms with Gasteiger partial charge < -0.3 is 4.74 Å². The fourth-order valence-electron chi connectivity index (χ4n) is 2.85. The number of carbonyl (C=O) groups is 1. The quantitative estimate of drug-likeness (QED) is 0.496. The van der Waals surface area contributed by atoms with E-state index in [1.807, 2.05) is 36.4 Å². The van der Waals surface area contributed by atoms with Gasteiger partial charge in [-0.3, -0.25) is 4.79 Å². The number of hydrogen-bond acceptors (Lipinski definition) is 3. The zero-order valence-corrected chi connectivity index (χ0v) is 11.9. The number of benzene rings is 2. The van der Waals surface area contributed by atoms with Crippen LogP contribution < -0.4 is 4.74 Å². The second-order valence-corrected chi connectivity index (χ2v) is 5.27. The lowest BCUT2D eigenvalue weighted by Crippen LogP contribution is -1.98. The molecule has 0 saturated heterocycles. The highest BCUT2D eigenvalue weighted by molar-refractivity contribution is 6.38. The number of aromatic nitrogens is 1. The van der Waals surface area contributed by atoms with E-state index in [4.69, 9.17) is 16.3 Å². The number of para-hydroxylation sites is 1. The van der Waals surface area contributed by atoms with E-state index >= 15 is 0 Å². The van der Waals surface area contributed by atoms with Gasteiger partial charge in [0, 0.05) is 22.1 Å². The molecule has 0 atom stereocenters. The fraction of sp³-hybridized carbons (Fsp3) is 0.0588. The minimum Gasteiger partial charge on any atom is -0.497 e. The number of ether oxygens (including phenoxy) is 1. The van der Waals surface area contributed by atoms with Crippen molar-refractivity contribution in [3.63, 3.8) is 0 Å². The summed E-state index contributed by atoms with van der Waals surface area (Å²) in [6.45, 7) is 0. The Morgan fingerprint density at radius 1 is 1.05 bits per heavy atom. The van der Waals surface area contributed by atoms with Gasteiger partial charge in [0.05, 0.1) is 12.6 Å². The highest BCUT2D eigenvalue weighted by atomic mass is 35.5. The Kier molecular flexibility index (Phi) is 2.53. The molecule has 4 heteroatoms. The molecular weight excluding hydrogens is 286 g/mol. The van der Waals surface area contributed by atoms with Gasteiger partial charge in [0.15, 0.2) is 5.78 Å². The minimum atomic E-state index is -0.0283. The van der Waals surface area contributed by atoms with Crippen molar-refractivity contribution < 1.29 is 9.53 Å². The summed E-state index contributed by atoms with van der Waals surface area (Å²) in [6.07, 6.45) is 0. The van der Waals surface area contributed by atoms with Crippen molar-refractivity contribution in [3.05, 3.63) is 58.7 Å². The van der Waals surface area contributed by atoms with Crippen LogP contribution in [-0.4, -0.2) is 17.9 Å². The topological polar surface area (TPSA) is 39.2 Å². The molecule has 2 aromatic carbocycles. The molecule has 0 fully saturated rings. The SMILES string of the molecule is COc1ccc2c(c1)C(=O)c1c-2c(Cl)nc2ccccc12. The van der Waals surface area contributed by atoms with Crippen molar-refractivity contribution in [2.75, 3.05) is 7.11 Å². The summed E-state index contributed by atoms with van der Waals surface area (Å²) in [7, 11) is 1.58. The van der Waals surface area contributed by atoms with Crippen molar-refractivity contribution >= 4 is 28.3 Å². The molecule has 3 aromatic rings. The Morgan fingerprint density at radius 3 is 2.67 bits per heavy atom. The molecule has 102 valence electrons. The number of nitrogens with zero attached hydrogens (tertiary/aromatic N) is 1. The molecule has 0 bridgehead atoms. The minimum absolute atomic E-state index is 0.0283. The molecule has 0 amide bonds. The first-order chi connectivity index (χ1) is 10.2. The van der Waals surface area contributed by atoms with Gasteiger partial charge in [-0.05, 0) is 29.8 Å². The predicted octanol–water partition coefficient (Wildman–Crippen LogP) is 4.11. The van der Waals surface area contributed by atoms with Gasteiger partial charge in [0.2, 0.25) is 0 Å². The molecular formula is C17H10ClNO2. The molecule has 1 aliphatic carbocycles. The third kappa shape index (κ3) is 1.61. The van der Waals surface area contributed by atoms with E-state index in [2.05, 4.69) is 4.98 Å². The van der Waals surface area contributed by atoms with Gasteiger partial charge in [0.25, 0.3) is 0 Å². The van der Waals surface area contributed by atoms with Gasteiger partial charge in [-0.2, -0.15) is 0 Å². The van der Waals surface area contributed by atoms with Crippen LogP contribution in [0.2, 0.25) is 5.15 Å². The number of halogens is 1. The average molecular weight is 296 g/mol. The van der Waals surface area contributed by atoms with Crippen LogP contribution in [0.25, 0.3) is 22.0 Å². The van der Waals surface area contributed by atoms with Crippen molar-refractivity contribution in [3.8, 4) is 16.9 Å². The van der Waals surface area contributed by atoms with E-state index in [0.717, 1.165) is 22.0 Å². The van der Waals surface area contributed by atoms with Crippen molar-refractivity contribution in [2.24, 2.45) is 0 Å². The van der Waals surface area contributed by atoms with Crippen LogP contribution in [0.3, 0.4) is 0 Å². The lowest BCUT2D eigenvalue weighted by Gasteiger charge is -2.06. The van der Waals surface area contributed by atoms with Crippen LogP contribution in [0.15, 0.2) is 42.5 Å². The molecule has 3 nitrogen and oxygen atoms in total. The lowest BCUT2D eigenvalue weighted by atomic mass is 10.0. The first-order valence-corrected chi connectivity index (χ1v) is 6.90. The lowest BCUT2D eigenvalue weighted by molar-refractivity contribution is 0.104. The maximum atomic E-state index is 12.8. The van der Waals surface area contributed by atoms with E-state index in [-0.39, 0.29) is 5.78 Å². The van der Waals surface area contributed by atoms with E-state index in [9.17, 15) is 4.79 Å². The Labute approximate surface area is 126 Å². The second kappa shape index (κ2) is 4.30. The summed E-state index contributed by atoms with van der Waals surface area (Å²) in [5, 5.41) is 1.19. The van der Waals surface area contributed by atoms with Crippen LogP contribution in [0, 0.1) is 0 Å². The summed E-state index contributed by atoms with van der Waals surface area (Å²) >= 11 is 6.32. The van der Waals surface area contributed by atoms with E-state index in [1.54, 1.807) is 13.2 Å². The molecule has 0 unspecified atom stereocenters. The van der Waals surface area contributed by atoms with Gasteiger partial charge >= 0.3 is 0 Å². The monoisotopic (exact) mass is 295 g/mol. The molecule has 1 aromatic heterocycles. The standard InChI is InChI=1S/C17H10ClNO2/c1-21-9-6-7-10-12(8-9)16(20)14-11-4-2-3-5-13(11)19-17(18)15(10)14/h2-8H,1H3. The van der Waals surface area contributed by atoms with Crippen LogP contribution >= 0.6 is 11.6 Å². The highest BCUT2D eigenvalue weighted by Crippen LogP contribution is 2.44. The number of fused-ring (bicyclic) bond motifs is 5. The van der Waals surface area contributed by atoms with E-state index in [1.165, 1.54) is 0 Å². The van der Waals surface area contributed by atoms with Crippen LogP contribution in [0.5, 0.6) is 5.75 Å². The first kappa shape index (κ1) is 12.4. The van der Waals surface area contributed by atoms with Crippen LogP contribution in [0.1, 0.15) is 15.9 Å². The maximum Gasteiger partial charge on any atom is 0.195 e. The van der Waals surface area contributed by atoms with E-state index < -0.39 is 0 Å². The van der Waals surface area contributed by atoms with Gasteiger partial charge in [-0.1, -0.05) is 29.8 Å². The largest absolute Gasteiger partial charge is 0.497 e. The molecule has 1 heterocycles. The van der Waals surface area contributed by atoms with E-state index in [0.29, 0.717) is 22.0 Å². The molecule has 0 radical (unpaired) electrons. The third-order valence-electron chi connectivity index (χ3n) is 3.82. The molecule has 4 rings (SSSR count). The Balaban J connectivity index is 2.12. The molecule has 0 saturated carbocycles. The summed E-state index contributed by atoms with van der Waals surface area (Å²) in [6, 6.07) is 13.0.